The highest BCUT2D eigenvalue weighted by Gasteiger charge is 2.42. The number of carboxylic acid groups (broad SMARTS) is 1. The Balaban J connectivity index is 1.82. The molecule has 1 amide bonds. The van der Waals surface area contributed by atoms with Gasteiger partial charge in [-0.3, -0.25) is 9.69 Å². The van der Waals surface area contributed by atoms with Gasteiger partial charge in [-0.1, -0.05) is 79.8 Å². The van der Waals surface area contributed by atoms with E-state index in [2.05, 4.69) is 5.10 Å². The Morgan fingerprint density at radius 1 is 1.17 bits per heavy atom. The number of amides is 1. The van der Waals surface area contributed by atoms with Gasteiger partial charge < -0.3 is 9.84 Å². The number of carboxylic acids is 1. The summed E-state index contributed by atoms with van der Waals surface area (Å²) in [6, 6.07) is 15.4. The Morgan fingerprint density at radius 2 is 1.83 bits per heavy atom. The highest BCUT2D eigenvalue weighted by atomic mass is 35.5. The molecule has 1 aliphatic rings. The lowest BCUT2D eigenvalue weighted by atomic mass is 10.0. The molecule has 4 rings (SSSR count). The number of thiocarbonyl (C=S) groups is 1. The van der Waals surface area contributed by atoms with Crippen LogP contribution in [0.1, 0.15) is 25.1 Å². The number of aryl methyl sites for hydroxylation is 1. The largest absolute Gasteiger partial charge is 0.480 e. The number of hydrogen-bond donors (Lipinski definition) is 1. The van der Waals surface area contributed by atoms with E-state index in [0.29, 0.717) is 32.8 Å². The fourth-order valence-corrected chi connectivity index (χ4v) is 5.19. The second kappa shape index (κ2) is 10.2. The normalized spacial score (nSPS) is 15.8. The number of carbonyl (C=O) groups is 2. The van der Waals surface area contributed by atoms with Crippen molar-refractivity contribution >= 4 is 57.9 Å². The van der Waals surface area contributed by atoms with Gasteiger partial charge in [-0.15, -0.1) is 0 Å². The molecule has 10 heteroatoms. The molecule has 2 heterocycles. The fraction of sp³-hybridized carbons (Fsp3) is 0.200. The molecule has 0 bridgehead atoms. The number of ether oxygens (including phenoxy) is 1. The Kier molecular flexibility index (Phi) is 7.30. The van der Waals surface area contributed by atoms with Crippen molar-refractivity contribution < 1.29 is 19.4 Å². The minimum absolute atomic E-state index is 0.198. The maximum atomic E-state index is 13.3. The standard InChI is InChI=1S/C25H22ClN3O4S2/c1-14(2)21(24(31)32)28-22(30)20(35-25(28)34)13-17-15(3)27-29(16-9-5-4-6-10-16)23(17)33-19-12-8-7-11-18(19)26/h4-14,21H,1-3H3,(H,31,32)/b20-13-/t21-/m0/s1. The number of rotatable bonds is 7. The molecule has 0 aliphatic carbocycles. The summed E-state index contributed by atoms with van der Waals surface area (Å²) in [7, 11) is 0. The number of hydrogen-bond acceptors (Lipinski definition) is 6. The maximum absolute atomic E-state index is 13.3. The summed E-state index contributed by atoms with van der Waals surface area (Å²) in [6.45, 7) is 5.29. The Labute approximate surface area is 217 Å². The molecule has 2 aromatic carbocycles. The van der Waals surface area contributed by atoms with Crippen LogP contribution in [0.4, 0.5) is 0 Å². The van der Waals surface area contributed by atoms with Gasteiger partial charge >= 0.3 is 5.97 Å². The highest BCUT2D eigenvalue weighted by Crippen LogP contribution is 2.40. The number of para-hydroxylation sites is 2. The van der Waals surface area contributed by atoms with Crippen LogP contribution in [0.5, 0.6) is 11.6 Å². The molecule has 1 aromatic heterocycles. The highest BCUT2D eigenvalue weighted by molar-refractivity contribution is 8.26. The predicted molar refractivity (Wildman–Crippen MR) is 141 cm³/mol. The van der Waals surface area contributed by atoms with Crippen LogP contribution in [0.2, 0.25) is 5.02 Å². The SMILES string of the molecule is Cc1nn(-c2ccccc2)c(Oc2ccccc2Cl)c1/C=C1\SC(=S)N([C@H](C(=O)O)C(C)C)C1=O. The van der Waals surface area contributed by atoms with E-state index < -0.39 is 17.9 Å². The van der Waals surface area contributed by atoms with E-state index in [1.54, 1.807) is 55.8 Å². The van der Waals surface area contributed by atoms with E-state index in [-0.39, 0.29) is 10.2 Å². The van der Waals surface area contributed by atoms with Crippen LogP contribution >= 0.6 is 35.6 Å². The minimum Gasteiger partial charge on any atom is -0.480 e. The van der Waals surface area contributed by atoms with Gasteiger partial charge in [0.2, 0.25) is 5.88 Å². The number of benzene rings is 2. The Bertz CT molecular complexity index is 1340. The number of carbonyl (C=O) groups excluding carboxylic acids is 1. The zero-order valence-electron chi connectivity index (χ0n) is 19.1. The summed E-state index contributed by atoms with van der Waals surface area (Å²) in [4.78, 5) is 26.6. The van der Waals surface area contributed by atoms with Crippen LogP contribution in [0.3, 0.4) is 0 Å². The molecule has 1 N–H and O–H groups in total. The third-order valence-electron chi connectivity index (χ3n) is 5.37. The van der Waals surface area contributed by atoms with Crippen molar-refractivity contribution in [3.63, 3.8) is 0 Å². The van der Waals surface area contributed by atoms with Crippen LogP contribution in [0.25, 0.3) is 11.8 Å². The fourth-order valence-electron chi connectivity index (χ4n) is 3.70. The first-order valence-electron chi connectivity index (χ1n) is 10.8. The van der Waals surface area contributed by atoms with Crippen molar-refractivity contribution in [1.29, 1.82) is 0 Å². The second-order valence-corrected chi connectivity index (χ2v) is 10.2. The zero-order chi connectivity index (χ0) is 25.3. The van der Waals surface area contributed by atoms with E-state index in [1.165, 1.54) is 4.90 Å². The third kappa shape index (κ3) is 4.98. The average molecular weight is 528 g/mol. The monoisotopic (exact) mass is 527 g/mol. The number of nitrogens with zero attached hydrogens (tertiary/aromatic N) is 3. The lowest BCUT2D eigenvalue weighted by molar-refractivity contribution is -0.146. The lowest BCUT2D eigenvalue weighted by Crippen LogP contribution is -2.47. The summed E-state index contributed by atoms with van der Waals surface area (Å²) in [5, 5.41) is 14.8. The van der Waals surface area contributed by atoms with Crippen molar-refractivity contribution in [2.24, 2.45) is 5.92 Å². The summed E-state index contributed by atoms with van der Waals surface area (Å²) in [5.41, 5.74) is 1.93. The van der Waals surface area contributed by atoms with Crippen molar-refractivity contribution in [1.82, 2.24) is 14.7 Å². The molecule has 0 radical (unpaired) electrons. The second-order valence-electron chi connectivity index (χ2n) is 8.16. The molecular weight excluding hydrogens is 506 g/mol. The molecule has 180 valence electrons. The van der Waals surface area contributed by atoms with E-state index >= 15 is 0 Å². The molecular formula is C25H22ClN3O4S2. The first-order chi connectivity index (χ1) is 16.7. The maximum Gasteiger partial charge on any atom is 0.327 e. The number of aliphatic carboxylic acids is 1. The van der Waals surface area contributed by atoms with Gasteiger partial charge in [0.1, 0.15) is 16.1 Å². The smallest absolute Gasteiger partial charge is 0.327 e. The molecule has 0 spiro atoms. The number of thioether (sulfide) groups is 1. The van der Waals surface area contributed by atoms with Crippen LogP contribution in [-0.4, -0.2) is 42.0 Å². The zero-order valence-corrected chi connectivity index (χ0v) is 21.5. The van der Waals surface area contributed by atoms with Crippen molar-refractivity contribution in [2.75, 3.05) is 0 Å². The molecule has 0 unspecified atom stereocenters. The summed E-state index contributed by atoms with van der Waals surface area (Å²) in [5.74, 6) is -1.09. The Hall–Kier alpha value is -3.14. The molecule has 7 nitrogen and oxygen atoms in total. The van der Waals surface area contributed by atoms with Gasteiger partial charge in [-0.05, 0) is 43.2 Å². The number of halogens is 1. The summed E-state index contributed by atoms with van der Waals surface area (Å²) < 4.78 is 8.07. The van der Waals surface area contributed by atoms with Gasteiger partial charge in [-0.2, -0.15) is 9.78 Å². The number of aromatic nitrogens is 2. The van der Waals surface area contributed by atoms with Gasteiger partial charge in [0.25, 0.3) is 5.91 Å². The van der Waals surface area contributed by atoms with E-state index in [4.69, 9.17) is 28.6 Å². The molecule has 0 saturated carbocycles. The summed E-state index contributed by atoms with van der Waals surface area (Å²) in [6.07, 6.45) is 1.65. The molecule has 1 saturated heterocycles. The van der Waals surface area contributed by atoms with Crippen molar-refractivity contribution in [3.8, 4) is 17.3 Å². The van der Waals surface area contributed by atoms with Crippen LogP contribution < -0.4 is 4.74 Å². The van der Waals surface area contributed by atoms with Crippen LogP contribution in [0, 0.1) is 12.8 Å². The van der Waals surface area contributed by atoms with Crippen molar-refractivity contribution in [3.05, 3.63) is 75.8 Å². The van der Waals surface area contributed by atoms with Gasteiger partial charge in [0.05, 0.1) is 26.9 Å². The lowest BCUT2D eigenvalue weighted by Gasteiger charge is -2.26. The third-order valence-corrected chi connectivity index (χ3v) is 7.01. The van der Waals surface area contributed by atoms with E-state index in [9.17, 15) is 14.7 Å². The molecule has 1 atom stereocenters. The van der Waals surface area contributed by atoms with Gasteiger partial charge in [0.15, 0.2) is 0 Å². The van der Waals surface area contributed by atoms with Gasteiger partial charge in [-0.25, -0.2) is 4.79 Å². The van der Waals surface area contributed by atoms with E-state index in [0.717, 1.165) is 17.4 Å². The van der Waals surface area contributed by atoms with Gasteiger partial charge in [0, 0.05) is 0 Å². The first kappa shape index (κ1) is 25.0. The molecule has 35 heavy (non-hydrogen) atoms. The quantitative estimate of drug-likeness (QED) is 0.301. The predicted octanol–water partition coefficient (Wildman–Crippen LogP) is 5.94. The first-order valence-corrected chi connectivity index (χ1v) is 12.4. The van der Waals surface area contributed by atoms with E-state index in [1.807, 2.05) is 30.3 Å². The molecule has 1 aliphatic heterocycles. The molecule has 3 aromatic rings. The summed E-state index contributed by atoms with van der Waals surface area (Å²) >= 11 is 12.8. The topological polar surface area (TPSA) is 84.7 Å². The van der Waals surface area contributed by atoms with Crippen molar-refractivity contribution in [2.45, 2.75) is 26.8 Å². The molecule has 1 fully saturated rings. The average Bonchev–Trinajstić information content (AvgIpc) is 3.26. The minimum atomic E-state index is -1.10. The Morgan fingerprint density at radius 3 is 2.46 bits per heavy atom. The van der Waals surface area contributed by atoms with Crippen LogP contribution in [0.15, 0.2) is 59.5 Å². The van der Waals surface area contributed by atoms with Crippen LogP contribution in [-0.2, 0) is 9.59 Å².